The van der Waals surface area contributed by atoms with Crippen molar-refractivity contribution in [2.75, 3.05) is 18.0 Å². The Morgan fingerprint density at radius 2 is 1.71 bits per heavy atom. The summed E-state index contributed by atoms with van der Waals surface area (Å²) >= 11 is 0. The average Bonchev–Trinajstić information content (AvgIpc) is 3.71. The second kappa shape index (κ2) is 13.4. The van der Waals surface area contributed by atoms with Crippen molar-refractivity contribution in [1.29, 1.82) is 0 Å². The first-order valence-corrected chi connectivity index (χ1v) is 18.9. The van der Waals surface area contributed by atoms with Crippen molar-refractivity contribution in [3.8, 4) is 22.7 Å². The highest BCUT2D eigenvalue weighted by molar-refractivity contribution is 6.01. The van der Waals surface area contributed by atoms with Gasteiger partial charge in [-0.1, -0.05) is 6.42 Å². The predicted octanol–water partition coefficient (Wildman–Crippen LogP) is 6.68. The van der Waals surface area contributed by atoms with E-state index in [1.807, 2.05) is 10.6 Å². The molecule has 5 aromatic rings. The minimum atomic E-state index is -5.00. The number of alkyl halides is 3. The molecule has 5 fully saturated rings. The number of hydrogen-bond acceptors (Lipinski definition) is 8. The fraction of sp³-hybridized carbons (Fsp3) is 0.450. The number of piperidine rings is 1. The molecule has 5 aliphatic rings. The van der Waals surface area contributed by atoms with Crippen LogP contribution in [0.5, 0.6) is 5.75 Å². The number of carbonyl (C=O) groups is 2. The number of ether oxygens (including phenoxy) is 1. The fourth-order valence-electron chi connectivity index (χ4n) is 9.99. The van der Waals surface area contributed by atoms with E-state index in [1.165, 1.54) is 6.07 Å². The lowest BCUT2D eigenvalue weighted by Crippen LogP contribution is -2.66. The number of nitrogens with zero attached hydrogens (tertiary/aromatic N) is 7. The number of carboxylic acids is 1. The number of rotatable bonds is 8. The van der Waals surface area contributed by atoms with Crippen LogP contribution in [-0.2, 0) is 18.0 Å². The van der Waals surface area contributed by atoms with Gasteiger partial charge in [-0.2, -0.15) is 18.3 Å². The first-order chi connectivity index (χ1) is 26.5. The molecular formula is C40H41F3N8O4. The molecule has 5 atom stereocenters. The van der Waals surface area contributed by atoms with Crippen molar-refractivity contribution >= 4 is 28.7 Å². The normalized spacial score (nSPS) is 25.3. The number of benzene rings is 1. The van der Waals surface area contributed by atoms with Gasteiger partial charge in [0, 0.05) is 74.8 Å². The summed E-state index contributed by atoms with van der Waals surface area (Å²) < 4.78 is 54.5. The summed E-state index contributed by atoms with van der Waals surface area (Å²) in [5, 5.41) is 18.3. The molecule has 4 bridgehead atoms. The van der Waals surface area contributed by atoms with Crippen LogP contribution in [0.4, 0.5) is 19.1 Å². The topological polar surface area (TPSA) is 140 Å². The molecule has 12 nitrogen and oxygen atoms in total. The van der Waals surface area contributed by atoms with E-state index in [4.69, 9.17) is 4.74 Å². The van der Waals surface area contributed by atoms with Crippen molar-refractivity contribution < 1.29 is 32.6 Å². The number of pyridine rings is 1. The van der Waals surface area contributed by atoms with Crippen LogP contribution in [0.25, 0.3) is 27.8 Å². The molecule has 4 saturated carbocycles. The molecule has 4 aromatic heterocycles. The molecule has 0 radical (unpaired) electrons. The van der Waals surface area contributed by atoms with E-state index < -0.39 is 34.8 Å². The van der Waals surface area contributed by atoms with Gasteiger partial charge in [-0.15, -0.1) is 0 Å². The molecule has 55 heavy (non-hydrogen) atoms. The number of halogens is 3. The Hall–Kier alpha value is -5.47. The highest BCUT2D eigenvalue weighted by Gasteiger charge is 2.60. The molecule has 1 aromatic carbocycles. The molecule has 1 amide bonds. The third-order valence-corrected chi connectivity index (χ3v) is 12.4. The van der Waals surface area contributed by atoms with E-state index in [9.17, 15) is 27.9 Å². The Balaban J connectivity index is 1.04. The summed E-state index contributed by atoms with van der Waals surface area (Å²) in [4.78, 5) is 41.9. The smallest absolute Gasteiger partial charge is 0.434 e. The van der Waals surface area contributed by atoms with Gasteiger partial charge in [-0.3, -0.25) is 9.48 Å². The van der Waals surface area contributed by atoms with Crippen LogP contribution in [0.1, 0.15) is 67.4 Å². The van der Waals surface area contributed by atoms with Crippen LogP contribution in [0.3, 0.4) is 0 Å². The molecule has 4 aliphatic carbocycles. The van der Waals surface area contributed by atoms with Crippen molar-refractivity contribution in [3.05, 3.63) is 78.6 Å². The zero-order valence-electron chi connectivity index (χ0n) is 30.2. The van der Waals surface area contributed by atoms with Gasteiger partial charge in [0.05, 0.1) is 28.7 Å². The van der Waals surface area contributed by atoms with E-state index in [1.54, 1.807) is 60.9 Å². The lowest BCUT2D eigenvalue weighted by Gasteiger charge is -2.50. The first-order valence-electron chi connectivity index (χ1n) is 18.9. The Morgan fingerprint density at radius 3 is 2.44 bits per heavy atom. The SMILES string of the molecule is Cn1cc(-n2cc(-c3ccc(C(=O)NC4(C(=O)O)C5CCC6CC(C5)CC4C6)c(C(F)(F)F)n3)c3ccc(OC4CCN(c5ncccn5)CC4)cc32)cn1. The molecule has 286 valence electrons. The summed E-state index contributed by atoms with van der Waals surface area (Å²) in [7, 11) is 1.78. The lowest BCUT2D eigenvalue weighted by atomic mass is 9.58. The number of carboxylic acid groups (broad SMARTS) is 1. The number of nitrogens with one attached hydrogen (secondary N) is 1. The molecule has 10 rings (SSSR count). The van der Waals surface area contributed by atoms with E-state index in [2.05, 4.69) is 30.3 Å². The van der Waals surface area contributed by atoms with Gasteiger partial charge < -0.3 is 24.6 Å². The average molecular weight is 755 g/mol. The summed E-state index contributed by atoms with van der Waals surface area (Å²) in [6.45, 7) is 1.46. The molecule has 2 N–H and O–H groups in total. The van der Waals surface area contributed by atoms with E-state index in [-0.39, 0.29) is 23.6 Å². The number of aliphatic carboxylic acids is 1. The highest BCUT2D eigenvalue weighted by atomic mass is 19.4. The number of aromatic nitrogens is 6. The predicted molar refractivity (Wildman–Crippen MR) is 196 cm³/mol. The maximum Gasteiger partial charge on any atom is 0.434 e. The van der Waals surface area contributed by atoms with Crippen LogP contribution < -0.4 is 15.0 Å². The molecule has 5 unspecified atom stereocenters. The number of amides is 1. The number of anilines is 1. The van der Waals surface area contributed by atoms with Gasteiger partial charge in [0.25, 0.3) is 5.91 Å². The van der Waals surface area contributed by atoms with Crippen LogP contribution in [-0.4, -0.2) is 71.0 Å². The van der Waals surface area contributed by atoms with Gasteiger partial charge in [-0.25, -0.2) is 19.7 Å². The number of aryl methyl sites for hydroxylation is 1. The summed E-state index contributed by atoms with van der Waals surface area (Å²) in [5.41, 5.74) is -1.88. The monoisotopic (exact) mass is 754 g/mol. The number of hydrogen-bond donors (Lipinski definition) is 2. The lowest BCUT2D eigenvalue weighted by molar-refractivity contribution is -0.154. The second-order valence-corrected chi connectivity index (χ2v) is 15.7. The molecule has 1 saturated heterocycles. The van der Waals surface area contributed by atoms with Crippen LogP contribution in [0.2, 0.25) is 0 Å². The maximum atomic E-state index is 14.9. The van der Waals surface area contributed by atoms with Crippen molar-refractivity contribution in [3.63, 3.8) is 0 Å². The van der Waals surface area contributed by atoms with Gasteiger partial charge in [0.15, 0.2) is 5.69 Å². The summed E-state index contributed by atoms with van der Waals surface area (Å²) in [6, 6.07) is 9.78. The molecule has 0 spiro atoms. The minimum absolute atomic E-state index is 0.0139. The van der Waals surface area contributed by atoms with Crippen molar-refractivity contribution in [2.45, 2.75) is 69.2 Å². The van der Waals surface area contributed by atoms with Crippen molar-refractivity contribution in [1.82, 2.24) is 34.6 Å². The van der Waals surface area contributed by atoms with Gasteiger partial charge in [0.1, 0.15) is 17.4 Å². The minimum Gasteiger partial charge on any atom is -0.490 e. The van der Waals surface area contributed by atoms with Gasteiger partial charge in [0.2, 0.25) is 5.95 Å². The number of carbonyl (C=O) groups excluding carboxylic acids is 1. The zero-order valence-corrected chi connectivity index (χ0v) is 30.2. The summed E-state index contributed by atoms with van der Waals surface area (Å²) in [5.74, 6) is -0.846. The Kier molecular flexibility index (Phi) is 8.57. The van der Waals surface area contributed by atoms with Gasteiger partial charge >= 0.3 is 12.1 Å². The third-order valence-electron chi connectivity index (χ3n) is 12.4. The Bertz CT molecular complexity index is 2260. The molecule has 1 aliphatic heterocycles. The molecule has 5 heterocycles. The van der Waals surface area contributed by atoms with Crippen LogP contribution in [0.15, 0.2) is 67.4 Å². The van der Waals surface area contributed by atoms with Crippen LogP contribution in [0, 0.1) is 23.7 Å². The Labute approximate surface area is 314 Å². The van der Waals surface area contributed by atoms with Crippen molar-refractivity contribution in [2.24, 2.45) is 30.7 Å². The van der Waals surface area contributed by atoms with Crippen LogP contribution >= 0.6 is 0 Å². The molecule has 15 heteroatoms. The molecular weight excluding hydrogens is 713 g/mol. The number of fused-ring (bicyclic) bond motifs is 2. The van der Waals surface area contributed by atoms with E-state index in [0.717, 1.165) is 44.8 Å². The third kappa shape index (κ3) is 6.26. The maximum absolute atomic E-state index is 14.9. The largest absolute Gasteiger partial charge is 0.490 e. The van der Waals surface area contributed by atoms with E-state index >= 15 is 0 Å². The zero-order chi connectivity index (χ0) is 38.1. The first kappa shape index (κ1) is 35.2. The fourth-order valence-corrected chi connectivity index (χ4v) is 9.99. The van der Waals surface area contributed by atoms with E-state index in [0.29, 0.717) is 71.4 Å². The quantitative estimate of drug-likeness (QED) is 0.178. The standard InChI is InChI=1S/C40H41F3N8O4/c1-49-21-27(20-46-49)51-22-32(30-6-5-29(19-34(30)51)55-28-9-13-50(14-10-28)38-44-11-2-12-45-38)33-8-7-31(35(47-33)40(41,42)43)36(52)48-39(37(53)54)25-4-3-23-15-24(17-25)18-26(39)16-23/h2,5-8,11-12,19-26,28H,3-4,9-10,13-18H2,1H3,(H,48,52)(H,53,54). The van der Waals surface area contributed by atoms with Gasteiger partial charge in [-0.05, 0) is 86.1 Å². The second-order valence-electron chi connectivity index (χ2n) is 15.7. The Morgan fingerprint density at radius 1 is 0.945 bits per heavy atom. The highest BCUT2D eigenvalue weighted by Crippen LogP contribution is 2.56. The summed E-state index contributed by atoms with van der Waals surface area (Å²) in [6.07, 6.45) is 9.57.